The summed E-state index contributed by atoms with van der Waals surface area (Å²) in [7, 11) is 0. The van der Waals surface area contributed by atoms with Gasteiger partial charge in [0.05, 0.1) is 10.9 Å². The van der Waals surface area contributed by atoms with Gasteiger partial charge >= 0.3 is 5.69 Å². The number of para-hydroxylation sites is 1. The van der Waals surface area contributed by atoms with E-state index in [1.54, 1.807) is 36.4 Å². The van der Waals surface area contributed by atoms with E-state index in [1.165, 1.54) is 4.57 Å². The van der Waals surface area contributed by atoms with Crippen LogP contribution in [-0.2, 0) is 29.2 Å². The van der Waals surface area contributed by atoms with Gasteiger partial charge in [-0.25, -0.2) is 4.79 Å². The molecule has 2 amide bonds. The predicted molar refractivity (Wildman–Crippen MR) is 134 cm³/mol. The van der Waals surface area contributed by atoms with Gasteiger partial charge in [0, 0.05) is 25.6 Å². The van der Waals surface area contributed by atoms with Gasteiger partial charge in [0.2, 0.25) is 18.6 Å². The Balaban J connectivity index is 1.47. The Kier molecular flexibility index (Phi) is 7.72. The van der Waals surface area contributed by atoms with E-state index in [0.717, 1.165) is 10.1 Å². The van der Waals surface area contributed by atoms with Gasteiger partial charge in [0.25, 0.3) is 5.56 Å². The van der Waals surface area contributed by atoms with Crippen LogP contribution in [0.15, 0.2) is 52.1 Å². The second kappa shape index (κ2) is 11.1. The van der Waals surface area contributed by atoms with Crippen molar-refractivity contribution in [2.24, 2.45) is 0 Å². The molecule has 2 aromatic carbocycles. The Labute approximate surface area is 207 Å². The van der Waals surface area contributed by atoms with Crippen molar-refractivity contribution in [3.63, 3.8) is 0 Å². The van der Waals surface area contributed by atoms with Crippen molar-refractivity contribution in [2.75, 3.05) is 6.79 Å². The number of unbranched alkanes of at least 4 members (excludes halogenated alkanes) is 1. The van der Waals surface area contributed by atoms with Crippen LogP contribution in [0.2, 0.25) is 0 Å². The Morgan fingerprint density at radius 1 is 0.972 bits per heavy atom. The highest BCUT2D eigenvalue weighted by molar-refractivity contribution is 5.81. The summed E-state index contributed by atoms with van der Waals surface area (Å²) in [5.41, 5.74) is 0.275. The highest BCUT2D eigenvalue weighted by Crippen LogP contribution is 2.32. The second-order valence-electron chi connectivity index (χ2n) is 8.99. The van der Waals surface area contributed by atoms with E-state index in [1.807, 2.05) is 19.9 Å². The largest absolute Gasteiger partial charge is 0.454 e. The van der Waals surface area contributed by atoms with Gasteiger partial charge in [-0.15, -0.1) is 0 Å². The fraction of sp³-hybridized carbons (Fsp3) is 0.385. The fourth-order valence-corrected chi connectivity index (χ4v) is 4.12. The van der Waals surface area contributed by atoms with E-state index in [4.69, 9.17) is 9.47 Å². The summed E-state index contributed by atoms with van der Waals surface area (Å²) in [6.07, 6.45) is 1.33. The number of ether oxygens (including phenoxy) is 2. The average molecular weight is 495 g/mol. The third-order valence-electron chi connectivity index (χ3n) is 5.85. The lowest BCUT2D eigenvalue weighted by molar-refractivity contribution is -0.122. The Morgan fingerprint density at radius 2 is 1.75 bits per heavy atom. The highest BCUT2D eigenvalue weighted by atomic mass is 16.7. The van der Waals surface area contributed by atoms with Gasteiger partial charge in [-0.2, -0.15) is 0 Å². The average Bonchev–Trinajstić information content (AvgIpc) is 3.32. The maximum absolute atomic E-state index is 13.3. The predicted octanol–water partition coefficient (Wildman–Crippen LogP) is 1.90. The lowest BCUT2D eigenvalue weighted by Gasteiger charge is -2.14. The lowest BCUT2D eigenvalue weighted by Crippen LogP contribution is -2.42. The number of nitrogens with zero attached hydrogens (tertiary/aromatic N) is 2. The number of hydrogen-bond acceptors (Lipinski definition) is 6. The molecule has 3 aromatic rings. The molecule has 0 bridgehead atoms. The van der Waals surface area contributed by atoms with Crippen LogP contribution < -0.4 is 31.4 Å². The maximum atomic E-state index is 13.3. The normalized spacial score (nSPS) is 12.2. The first-order chi connectivity index (χ1) is 17.3. The molecule has 0 spiro atoms. The summed E-state index contributed by atoms with van der Waals surface area (Å²) >= 11 is 0. The summed E-state index contributed by atoms with van der Waals surface area (Å²) in [6.45, 7) is 4.12. The Morgan fingerprint density at radius 3 is 2.56 bits per heavy atom. The van der Waals surface area contributed by atoms with E-state index in [2.05, 4.69) is 10.6 Å². The molecule has 0 aliphatic carbocycles. The zero-order valence-corrected chi connectivity index (χ0v) is 20.4. The zero-order valence-electron chi connectivity index (χ0n) is 20.4. The van der Waals surface area contributed by atoms with Crippen LogP contribution in [0, 0.1) is 0 Å². The zero-order chi connectivity index (χ0) is 25.7. The molecular formula is C26H30N4O6. The minimum atomic E-state index is -0.552. The van der Waals surface area contributed by atoms with Crippen molar-refractivity contribution >= 4 is 22.7 Å². The molecule has 2 N–H and O–H groups in total. The lowest BCUT2D eigenvalue weighted by atomic mass is 10.2. The minimum absolute atomic E-state index is 0.0593. The monoisotopic (exact) mass is 494 g/mol. The van der Waals surface area contributed by atoms with E-state index in [0.29, 0.717) is 41.7 Å². The van der Waals surface area contributed by atoms with E-state index in [-0.39, 0.29) is 44.3 Å². The standard InChI is InChI=1S/C26H30N4O6/c1-17(2)28-23(31)9-5-6-12-29-25(33)19-7-3-4-8-20(19)30(26(29)34)15-24(32)27-14-18-10-11-21-22(13-18)36-16-35-21/h3-4,7-8,10-11,13,17H,5-6,9,12,14-16H2,1-2H3,(H,27,32)(H,28,31). The van der Waals surface area contributed by atoms with Crippen molar-refractivity contribution in [3.05, 3.63) is 68.9 Å². The molecule has 0 saturated carbocycles. The van der Waals surface area contributed by atoms with Crippen LogP contribution in [0.25, 0.3) is 10.9 Å². The number of rotatable bonds is 10. The molecule has 10 heteroatoms. The van der Waals surface area contributed by atoms with Crippen LogP contribution in [0.1, 0.15) is 38.7 Å². The van der Waals surface area contributed by atoms with Crippen LogP contribution >= 0.6 is 0 Å². The molecule has 2 heterocycles. The summed E-state index contributed by atoms with van der Waals surface area (Å²) in [6, 6.07) is 12.2. The van der Waals surface area contributed by atoms with Crippen LogP contribution in [0.3, 0.4) is 0 Å². The molecule has 1 aromatic heterocycles. The molecule has 0 saturated heterocycles. The number of hydrogen-bond donors (Lipinski definition) is 2. The third-order valence-corrected chi connectivity index (χ3v) is 5.85. The van der Waals surface area contributed by atoms with Crippen molar-refractivity contribution in [2.45, 2.75) is 58.8 Å². The van der Waals surface area contributed by atoms with E-state index >= 15 is 0 Å². The van der Waals surface area contributed by atoms with Gasteiger partial charge in [0.1, 0.15) is 6.54 Å². The van der Waals surface area contributed by atoms with Gasteiger partial charge < -0.3 is 20.1 Å². The first-order valence-electron chi connectivity index (χ1n) is 12.0. The molecular weight excluding hydrogens is 464 g/mol. The quantitative estimate of drug-likeness (QED) is 0.416. The molecule has 10 nitrogen and oxygen atoms in total. The molecule has 1 aliphatic rings. The number of amides is 2. The maximum Gasteiger partial charge on any atom is 0.331 e. The molecule has 0 radical (unpaired) electrons. The van der Waals surface area contributed by atoms with Gasteiger partial charge in [-0.05, 0) is 56.5 Å². The molecule has 0 unspecified atom stereocenters. The molecule has 190 valence electrons. The van der Waals surface area contributed by atoms with Crippen LogP contribution in [-0.4, -0.2) is 33.8 Å². The highest BCUT2D eigenvalue weighted by Gasteiger charge is 2.16. The van der Waals surface area contributed by atoms with Crippen molar-refractivity contribution in [1.82, 2.24) is 19.8 Å². The van der Waals surface area contributed by atoms with Crippen molar-refractivity contribution in [1.29, 1.82) is 0 Å². The number of nitrogens with one attached hydrogen (secondary N) is 2. The topological polar surface area (TPSA) is 121 Å². The number of aromatic nitrogens is 2. The van der Waals surface area contributed by atoms with Crippen molar-refractivity contribution < 1.29 is 19.1 Å². The molecule has 4 rings (SSSR count). The van der Waals surface area contributed by atoms with Crippen molar-refractivity contribution in [3.8, 4) is 11.5 Å². The first-order valence-corrected chi connectivity index (χ1v) is 12.0. The Bertz CT molecular complexity index is 1390. The summed E-state index contributed by atoms with van der Waals surface area (Å²) in [5.74, 6) is 0.853. The number of carbonyl (C=O) groups excluding carboxylic acids is 2. The molecule has 0 atom stereocenters. The SMILES string of the molecule is CC(C)NC(=O)CCCCn1c(=O)c2ccccc2n(CC(=O)NCc2ccc3c(c2)OCO3)c1=O. The first kappa shape index (κ1) is 25.0. The van der Waals surface area contributed by atoms with E-state index in [9.17, 15) is 19.2 Å². The van der Waals surface area contributed by atoms with Gasteiger partial charge in [-0.1, -0.05) is 18.2 Å². The molecule has 0 fully saturated rings. The summed E-state index contributed by atoms with van der Waals surface area (Å²) in [4.78, 5) is 50.9. The molecule has 1 aliphatic heterocycles. The number of fused-ring (bicyclic) bond motifs is 2. The number of carbonyl (C=O) groups is 2. The number of benzene rings is 2. The fourth-order valence-electron chi connectivity index (χ4n) is 4.12. The third kappa shape index (κ3) is 5.76. The minimum Gasteiger partial charge on any atom is -0.454 e. The van der Waals surface area contributed by atoms with Gasteiger partial charge in [0.15, 0.2) is 11.5 Å². The van der Waals surface area contributed by atoms with Crippen LogP contribution in [0.5, 0.6) is 11.5 Å². The van der Waals surface area contributed by atoms with E-state index < -0.39 is 11.2 Å². The second-order valence-corrected chi connectivity index (χ2v) is 8.99. The molecule has 36 heavy (non-hydrogen) atoms. The summed E-state index contributed by atoms with van der Waals surface area (Å²) < 4.78 is 13.1. The smallest absolute Gasteiger partial charge is 0.331 e. The van der Waals surface area contributed by atoms with Gasteiger partial charge in [-0.3, -0.25) is 23.5 Å². The summed E-state index contributed by atoms with van der Waals surface area (Å²) in [5, 5.41) is 6.00. The Hall–Kier alpha value is -4.08. The van der Waals surface area contributed by atoms with Crippen LogP contribution in [0.4, 0.5) is 0 Å².